The Morgan fingerprint density at radius 1 is 1.07 bits per heavy atom. The number of hydrogen-bond acceptors (Lipinski definition) is 4. The summed E-state index contributed by atoms with van der Waals surface area (Å²) < 4.78 is 21.2. The first-order valence-corrected chi connectivity index (χ1v) is 4.97. The van der Waals surface area contributed by atoms with Crippen LogP contribution in [0, 0.1) is 11.8 Å². The maximum Gasteiger partial charge on any atom is 0.209 e. The minimum atomic E-state index is -0.428. The number of ether oxygens (including phenoxy) is 4. The molecule has 0 unspecified atom stereocenters. The molecule has 0 N–H and O–H groups in total. The number of hydrogen-bond donors (Lipinski definition) is 0. The third-order valence-corrected chi connectivity index (χ3v) is 2.58. The average molecular weight is 204 g/mol. The van der Waals surface area contributed by atoms with Gasteiger partial charge in [0.2, 0.25) is 12.6 Å². The molecule has 0 aliphatic carbocycles. The van der Waals surface area contributed by atoms with Crippen LogP contribution in [-0.4, -0.2) is 40.0 Å². The van der Waals surface area contributed by atoms with Gasteiger partial charge in [-0.25, -0.2) is 0 Å². The van der Waals surface area contributed by atoms with E-state index >= 15 is 0 Å². The minimum absolute atomic E-state index is 0.389. The van der Waals surface area contributed by atoms with Gasteiger partial charge in [0, 0.05) is 20.1 Å². The Kier molecular flexibility index (Phi) is 4.81. The molecule has 0 radical (unpaired) electrons. The first-order chi connectivity index (χ1) is 6.69. The van der Waals surface area contributed by atoms with E-state index in [1.807, 2.05) is 0 Å². The van der Waals surface area contributed by atoms with Gasteiger partial charge >= 0.3 is 0 Å². The van der Waals surface area contributed by atoms with Crippen LogP contribution in [0.4, 0.5) is 0 Å². The summed E-state index contributed by atoms with van der Waals surface area (Å²) in [5.41, 5.74) is 0. The van der Waals surface area contributed by atoms with E-state index in [-0.39, 0.29) is 6.29 Å². The Balaban J connectivity index is 2.34. The zero-order chi connectivity index (χ0) is 10.6. The van der Waals surface area contributed by atoms with E-state index in [9.17, 15) is 0 Å². The van der Waals surface area contributed by atoms with Crippen LogP contribution in [0.5, 0.6) is 0 Å². The van der Waals surface area contributed by atoms with E-state index in [4.69, 9.17) is 18.9 Å². The van der Waals surface area contributed by atoms with Crippen molar-refractivity contribution >= 4 is 0 Å². The zero-order valence-electron chi connectivity index (χ0n) is 9.36. The summed E-state index contributed by atoms with van der Waals surface area (Å²) in [5, 5.41) is 0. The first kappa shape index (κ1) is 11.9. The second-order valence-electron chi connectivity index (χ2n) is 3.88. The zero-order valence-corrected chi connectivity index (χ0v) is 9.36. The molecule has 1 rings (SSSR count). The molecule has 0 aromatic carbocycles. The third-order valence-electron chi connectivity index (χ3n) is 2.58. The van der Waals surface area contributed by atoms with Gasteiger partial charge in [-0.1, -0.05) is 13.8 Å². The highest BCUT2D eigenvalue weighted by atomic mass is 16.8. The van der Waals surface area contributed by atoms with E-state index in [1.165, 1.54) is 0 Å². The smallest absolute Gasteiger partial charge is 0.209 e. The van der Waals surface area contributed by atoms with Crippen molar-refractivity contribution in [1.82, 2.24) is 0 Å². The standard InChI is InChI=1S/C10H20O4/c1-7(2)8-5-13-10(14-6-8)9(11-3)12-4/h7-10H,5-6H2,1-4H3. The second-order valence-corrected chi connectivity index (χ2v) is 3.88. The van der Waals surface area contributed by atoms with Crippen molar-refractivity contribution in [3.63, 3.8) is 0 Å². The van der Waals surface area contributed by atoms with Crippen LogP contribution in [-0.2, 0) is 18.9 Å². The maximum absolute atomic E-state index is 5.52. The monoisotopic (exact) mass is 204 g/mol. The van der Waals surface area contributed by atoms with E-state index < -0.39 is 6.29 Å². The Morgan fingerprint density at radius 3 is 1.93 bits per heavy atom. The van der Waals surface area contributed by atoms with Crippen molar-refractivity contribution in [3.8, 4) is 0 Å². The molecule has 4 heteroatoms. The molecule has 1 aliphatic rings. The first-order valence-electron chi connectivity index (χ1n) is 4.97. The molecule has 0 atom stereocenters. The fraction of sp³-hybridized carbons (Fsp3) is 1.00. The van der Waals surface area contributed by atoms with Crippen LogP contribution in [0.1, 0.15) is 13.8 Å². The highest BCUT2D eigenvalue weighted by molar-refractivity contribution is 4.67. The molecule has 1 heterocycles. The Morgan fingerprint density at radius 2 is 1.57 bits per heavy atom. The van der Waals surface area contributed by atoms with Crippen LogP contribution in [0.3, 0.4) is 0 Å². The molecule has 0 aromatic heterocycles. The van der Waals surface area contributed by atoms with Crippen LogP contribution in [0.15, 0.2) is 0 Å². The summed E-state index contributed by atoms with van der Waals surface area (Å²) in [7, 11) is 3.16. The molecule has 0 amide bonds. The molecule has 0 bridgehead atoms. The van der Waals surface area contributed by atoms with Gasteiger partial charge in [0.15, 0.2) is 0 Å². The summed E-state index contributed by atoms with van der Waals surface area (Å²) in [6.07, 6.45) is -0.817. The van der Waals surface area contributed by atoms with E-state index in [0.717, 1.165) is 0 Å². The van der Waals surface area contributed by atoms with Crippen molar-refractivity contribution in [2.45, 2.75) is 26.4 Å². The SMILES string of the molecule is COC(OC)C1OCC(C(C)C)CO1. The summed E-state index contributed by atoms with van der Waals surface area (Å²) in [5.74, 6) is 1.06. The van der Waals surface area contributed by atoms with Gasteiger partial charge in [-0.15, -0.1) is 0 Å². The fourth-order valence-corrected chi connectivity index (χ4v) is 1.39. The van der Waals surface area contributed by atoms with E-state index in [1.54, 1.807) is 14.2 Å². The molecule has 14 heavy (non-hydrogen) atoms. The highest BCUT2D eigenvalue weighted by Gasteiger charge is 2.30. The maximum atomic E-state index is 5.52. The van der Waals surface area contributed by atoms with Gasteiger partial charge in [0.1, 0.15) is 0 Å². The van der Waals surface area contributed by atoms with E-state index in [0.29, 0.717) is 25.0 Å². The lowest BCUT2D eigenvalue weighted by Crippen LogP contribution is -2.42. The summed E-state index contributed by atoms with van der Waals surface area (Å²) in [6.45, 7) is 5.76. The van der Waals surface area contributed by atoms with Crippen molar-refractivity contribution in [1.29, 1.82) is 0 Å². The highest BCUT2D eigenvalue weighted by Crippen LogP contribution is 2.21. The minimum Gasteiger partial charge on any atom is -0.351 e. The number of methoxy groups -OCH3 is 2. The lowest BCUT2D eigenvalue weighted by molar-refractivity contribution is -0.301. The topological polar surface area (TPSA) is 36.9 Å². The predicted octanol–water partition coefficient (Wildman–Crippen LogP) is 1.25. The van der Waals surface area contributed by atoms with Crippen LogP contribution >= 0.6 is 0 Å². The summed E-state index contributed by atoms with van der Waals surface area (Å²) in [6, 6.07) is 0. The Bertz CT molecular complexity index is 148. The molecule has 1 saturated heterocycles. The lowest BCUT2D eigenvalue weighted by atomic mass is 9.97. The predicted molar refractivity (Wildman–Crippen MR) is 51.8 cm³/mol. The molecule has 84 valence electrons. The Hall–Kier alpha value is -0.160. The Labute approximate surface area is 85.5 Å². The van der Waals surface area contributed by atoms with Gasteiger partial charge in [-0.3, -0.25) is 0 Å². The van der Waals surface area contributed by atoms with Crippen LogP contribution in [0.25, 0.3) is 0 Å². The third kappa shape index (κ3) is 2.92. The van der Waals surface area contributed by atoms with Crippen molar-refractivity contribution in [2.75, 3.05) is 27.4 Å². The molecule has 1 fully saturated rings. The quantitative estimate of drug-likeness (QED) is 0.646. The normalized spacial score (nSPS) is 28.7. The largest absolute Gasteiger partial charge is 0.351 e. The molecule has 0 saturated carbocycles. The molecule has 0 spiro atoms. The van der Waals surface area contributed by atoms with Gasteiger partial charge in [0.25, 0.3) is 0 Å². The van der Waals surface area contributed by atoms with Gasteiger partial charge in [0.05, 0.1) is 13.2 Å². The summed E-state index contributed by atoms with van der Waals surface area (Å²) in [4.78, 5) is 0. The molecular weight excluding hydrogens is 184 g/mol. The van der Waals surface area contributed by atoms with Gasteiger partial charge < -0.3 is 18.9 Å². The van der Waals surface area contributed by atoms with Crippen molar-refractivity contribution in [3.05, 3.63) is 0 Å². The lowest BCUT2D eigenvalue weighted by Gasteiger charge is -2.34. The van der Waals surface area contributed by atoms with Crippen LogP contribution in [0.2, 0.25) is 0 Å². The summed E-state index contributed by atoms with van der Waals surface area (Å²) >= 11 is 0. The average Bonchev–Trinajstić information content (AvgIpc) is 2.20. The van der Waals surface area contributed by atoms with Gasteiger partial charge in [-0.05, 0) is 5.92 Å². The van der Waals surface area contributed by atoms with Crippen LogP contribution < -0.4 is 0 Å². The molecule has 4 nitrogen and oxygen atoms in total. The van der Waals surface area contributed by atoms with Crippen molar-refractivity contribution in [2.24, 2.45) is 11.8 Å². The number of rotatable bonds is 4. The molecule has 0 aromatic rings. The van der Waals surface area contributed by atoms with Crippen molar-refractivity contribution < 1.29 is 18.9 Å². The molecular formula is C10H20O4. The van der Waals surface area contributed by atoms with E-state index in [2.05, 4.69) is 13.8 Å². The fourth-order valence-electron chi connectivity index (χ4n) is 1.39. The van der Waals surface area contributed by atoms with Gasteiger partial charge in [-0.2, -0.15) is 0 Å². The molecule has 1 aliphatic heterocycles. The second kappa shape index (κ2) is 5.66.